The fraction of sp³-hybridized carbons (Fsp3) is 1.00. The fourth-order valence-electron chi connectivity index (χ4n) is 1.79. The molecule has 0 rings (SSSR count). The van der Waals surface area contributed by atoms with E-state index in [2.05, 4.69) is 20.8 Å². The molecule has 0 aliphatic heterocycles. The predicted molar refractivity (Wildman–Crippen MR) is 64.6 cm³/mol. The van der Waals surface area contributed by atoms with E-state index in [-0.39, 0.29) is 9.76 Å². The van der Waals surface area contributed by atoms with Gasteiger partial charge in [0.25, 0.3) is 0 Å². The molecule has 0 spiro atoms. The van der Waals surface area contributed by atoms with E-state index in [0.29, 0.717) is 5.41 Å². The lowest BCUT2D eigenvalue weighted by atomic mass is 9.82. The summed E-state index contributed by atoms with van der Waals surface area (Å²) in [4.78, 5) is 8.70. The third kappa shape index (κ3) is 8.76. The molecule has 0 amide bonds. The molecule has 2 radical (unpaired) electrons. The Balaban J connectivity index is 3.40. The first kappa shape index (κ1) is 14.2. The zero-order valence-electron chi connectivity index (χ0n) is 10.1. The zero-order chi connectivity index (χ0) is 10.9. The Morgan fingerprint density at radius 1 is 1.00 bits per heavy atom. The highest BCUT2D eigenvalue weighted by Gasteiger charge is 2.16. The molecule has 84 valence electrons. The third-order valence-corrected chi connectivity index (χ3v) is 3.43. The first-order valence-electron chi connectivity index (χ1n) is 5.99. The van der Waals surface area contributed by atoms with E-state index in [4.69, 9.17) is 4.80 Å². The van der Waals surface area contributed by atoms with Crippen molar-refractivity contribution in [2.75, 3.05) is 0 Å². The Hall–Kier alpha value is 0.177. The summed E-state index contributed by atoms with van der Waals surface area (Å²) in [6.07, 6.45) is 9.25. The molecular formula is C12H26OSi. The summed E-state index contributed by atoms with van der Waals surface area (Å²) in [7, 11) is 0.152. The first-order valence-corrected chi connectivity index (χ1v) is 7.15. The highest BCUT2D eigenvalue weighted by atomic mass is 28.2. The van der Waals surface area contributed by atoms with Crippen molar-refractivity contribution in [3.63, 3.8) is 0 Å². The maximum Gasteiger partial charge on any atom is 0.224 e. The minimum atomic E-state index is 0.152. The van der Waals surface area contributed by atoms with Gasteiger partial charge in [-0.15, -0.1) is 0 Å². The van der Waals surface area contributed by atoms with Crippen LogP contribution >= 0.6 is 0 Å². The van der Waals surface area contributed by atoms with Crippen LogP contribution < -0.4 is 0 Å². The lowest BCUT2D eigenvalue weighted by molar-refractivity contribution is 0.286. The molecule has 0 saturated heterocycles. The second kappa shape index (κ2) is 8.48. The third-order valence-electron chi connectivity index (χ3n) is 2.85. The van der Waals surface area contributed by atoms with Gasteiger partial charge in [0.05, 0.1) is 0 Å². The molecule has 0 aliphatic carbocycles. The van der Waals surface area contributed by atoms with Crippen LogP contribution in [0.15, 0.2) is 0 Å². The van der Waals surface area contributed by atoms with E-state index >= 15 is 0 Å². The fourth-order valence-corrected chi connectivity index (χ4v) is 2.19. The minimum absolute atomic E-state index is 0.152. The molecule has 0 aliphatic rings. The smallest absolute Gasteiger partial charge is 0.224 e. The number of unbranched alkanes of at least 4 members (excludes halogenated alkanes) is 3. The van der Waals surface area contributed by atoms with Crippen LogP contribution in [-0.4, -0.2) is 14.6 Å². The van der Waals surface area contributed by atoms with E-state index in [1.807, 2.05) is 0 Å². The lowest BCUT2D eigenvalue weighted by Gasteiger charge is -2.24. The maximum absolute atomic E-state index is 8.70. The first-order chi connectivity index (χ1) is 6.62. The molecule has 0 aromatic rings. The molecule has 0 atom stereocenters. The average molecular weight is 214 g/mol. The van der Waals surface area contributed by atoms with Crippen LogP contribution in [-0.2, 0) is 0 Å². The van der Waals surface area contributed by atoms with Crippen LogP contribution in [0.1, 0.15) is 65.7 Å². The van der Waals surface area contributed by atoms with Gasteiger partial charge in [-0.25, -0.2) is 0 Å². The van der Waals surface area contributed by atoms with E-state index in [0.717, 1.165) is 6.04 Å². The Bertz CT molecular complexity index is 123. The van der Waals surface area contributed by atoms with Gasteiger partial charge < -0.3 is 4.80 Å². The van der Waals surface area contributed by atoms with Crippen LogP contribution in [0.3, 0.4) is 0 Å². The molecule has 0 heterocycles. The Morgan fingerprint density at radius 2 is 1.57 bits per heavy atom. The van der Waals surface area contributed by atoms with Crippen LogP contribution in [0.4, 0.5) is 0 Å². The van der Waals surface area contributed by atoms with Crippen molar-refractivity contribution in [1.82, 2.24) is 0 Å². The summed E-state index contributed by atoms with van der Waals surface area (Å²) in [6.45, 7) is 7.02. The van der Waals surface area contributed by atoms with Crippen molar-refractivity contribution in [2.45, 2.75) is 71.8 Å². The van der Waals surface area contributed by atoms with Gasteiger partial charge in [-0.3, -0.25) is 0 Å². The molecule has 14 heavy (non-hydrogen) atoms. The molecule has 0 unspecified atom stereocenters. The van der Waals surface area contributed by atoms with Crippen molar-refractivity contribution in [3.8, 4) is 0 Å². The number of hydrogen-bond acceptors (Lipinski definition) is 1. The highest BCUT2D eigenvalue weighted by Crippen LogP contribution is 2.29. The number of rotatable bonds is 9. The van der Waals surface area contributed by atoms with Crippen LogP contribution in [0.25, 0.3) is 0 Å². The van der Waals surface area contributed by atoms with Crippen molar-refractivity contribution < 1.29 is 4.80 Å². The average Bonchev–Trinajstić information content (AvgIpc) is 2.13. The molecular weight excluding hydrogens is 188 g/mol. The van der Waals surface area contributed by atoms with Gasteiger partial charge in [-0.1, -0.05) is 52.9 Å². The summed E-state index contributed by atoms with van der Waals surface area (Å²) in [5.74, 6) is 0. The summed E-state index contributed by atoms with van der Waals surface area (Å²) in [6, 6.07) is 1.00. The van der Waals surface area contributed by atoms with E-state index in [1.54, 1.807) is 0 Å². The monoisotopic (exact) mass is 214 g/mol. The van der Waals surface area contributed by atoms with Crippen LogP contribution in [0, 0.1) is 5.41 Å². The largest absolute Gasteiger partial charge is 0.432 e. The van der Waals surface area contributed by atoms with E-state index < -0.39 is 0 Å². The van der Waals surface area contributed by atoms with Crippen molar-refractivity contribution in [2.24, 2.45) is 5.41 Å². The van der Waals surface area contributed by atoms with Gasteiger partial charge >= 0.3 is 0 Å². The van der Waals surface area contributed by atoms with Crippen LogP contribution in [0.2, 0.25) is 6.04 Å². The summed E-state index contributed by atoms with van der Waals surface area (Å²) < 4.78 is 0. The quantitative estimate of drug-likeness (QED) is 0.457. The molecule has 2 heteroatoms. The van der Waals surface area contributed by atoms with Crippen LogP contribution in [0.5, 0.6) is 0 Å². The van der Waals surface area contributed by atoms with Crippen molar-refractivity contribution >= 4 is 9.76 Å². The summed E-state index contributed by atoms with van der Waals surface area (Å²) in [5.41, 5.74) is 0.522. The topological polar surface area (TPSA) is 20.2 Å². The maximum atomic E-state index is 8.70. The molecule has 0 aromatic carbocycles. The molecule has 1 nitrogen and oxygen atoms in total. The Morgan fingerprint density at radius 3 is 2.07 bits per heavy atom. The van der Waals surface area contributed by atoms with Crippen molar-refractivity contribution in [1.29, 1.82) is 0 Å². The van der Waals surface area contributed by atoms with E-state index in [1.165, 1.54) is 44.9 Å². The van der Waals surface area contributed by atoms with Gasteiger partial charge in [0.15, 0.2) is 0 Å². The number of hydrogen-bond donors (Lipinski definition) is 1. The highest BCUT2D eigenvalue weighted by molar-refractivity contribution is 6.25. The Labute approximate surface area is 92.2 Å². The van der Waals surface area contributed by atoms with Gasteiger partial charge in [-0.05, 0) is 24.3 Å². The molecule has 0 aromatic heterocycles. The second-order valence-electron chi connectivity index (χ2n) is 4.99. The predicted octanol–water partition coefficient (Wildman–Crippen LogP) is 3.79. The molecule has 0 saturated carbocycles. The standard InChI is InChI=1S/C12H26OSi/c1-4-5-6-9-12(2,3)10-7-8-11-14-13/h13H,4-11H2,1-3H3. The van der Waals surface area contributed by atoms with E-state index in [9.17, 15) is 0 Å². The molecule has 0 fully saturated rings. The lowest BCUT2D eigenvalue weighted by Crippen LogP contribution is -2.11. The van der Waals surface area contributed by atoms with Gasteiger partial charge in [0.2, 0.25) is 9.76 Å². The SMILES string of the molecule is CCCCCC(C)(C)CCCC[Si]O. The summed E-state index contributed by atoms with van der Waals surface area (Å²) in [5, 5.41) is 0. The second-order valence-corrected chi connectivity index (χ2v) is 5.80. The summed E-state index contributed by atoms with van der Waals surface area (Å²) >= 11 is 0. The van der Waals surface area contributed by atoms with Crippen molar-refractivity contribution in [3.05, 3.63) is 0 Å². The van der Waals surface area contributed by atoms with Gasteiger partial charge in [0, 0.05) is 0 Å². The van der Waals surface area contributed by atoms with Gasteiger partial charge in [-0.2, -0.15) is 0 Å². The molecule has 1 N–H and O–H groups in total. The zero-order valence-corrected chi connectivity index (χ0v) is 11.1. The molecule has 0 bridgehead atoms. The minimum Gasteiger partial charge on any atom is -0.432 e. The normalized spacial score (nSPS) is 12.0. The van der Waals surface area contributed by atoms with Gasteiger partial charge in [0.1, 0.15) is 0 Å². The Kier molecular flexibility index (Phi) is 8.59.